The van der Waals surface area contributed by atoms with E-state index < -0.39 is 0 Å². The van der Waals surface area contributed by atoms with Crippen molar-refractivity contribution in [2.75, 3.05) is 5.73 Å². The molecule has 0 unspecified atom stereocenters. The van der Waals surface area contributed by atoms with Crippen molar-refractivity contribution in [3.8, 4) is 11.4 Å². The van der Waals surface area contributed by atoms with Crippen molar-refractivity contribution in [2.24, 2.45) is 0 Å². The molecule has 4 heteroatoms. The van der Waals surface area contributed by atoms with E-state index in [1.54, 1.807) is 11.3 Å². The van der Waals surface area contributed by atoms with Crippen LogP contribution in [0.1, 0.15) is 37.3 Å². The number of aryl methyl sites for hydroxylation is 2. The number of imidazole rings is 1. The summed E-state index contributed by atoms with van der Waals surface area (Å²) in [5.41, 5.74) is 10.8. The van der Waals surface area contributed by atoms with Gasteiger partial charge in [0.05, 0.1) is 21.6 Å². The summed E-state index contributed by atoms with van der Waals surface area (Å²) in [6, 6.07) is 8.97. The number of nitrogen functional groups attached to an aromatic ring is 1. The van der Waals surface area contributed by atoms with Gasteiger partial charge in [-0.05, 0) is 51.0 Å². The molecule has 1 aromatic carbocycles. The molecule has 2 N–H and O–H groups in total. The number of fused-ring (bicyclic) bond motifs is 1. The molecule has 0 amide bonds. The number of anilines is 1. The summed E-state index contributed by atoms with van der Waals surface area (Å²) in [5.74, 6) is 0.985. The highest BCUT2D eigenvalue weighted by Crippen LogP contribution is 2.37. The predicted molar refractivity (Wildman–Crippen MR) is 92.0 cm³/mol. The summed E-state index contributed by atoms with van der Waals surface area (Å²) in [4.78, 5) is 6.17. The van der Waals surface area contributed by atoms with E-state index in [2.05, 4.69) is 56.5 Å². The minimum Gasteiger partial charge on any atom is -0.390 e. The Morgan fingerprint density at radius 3 is 2.67 bits per heavy atom. The molecule has 0 bridgehead atoms. The molecule has 0 saturated heterocycles. The van der Waals surface area contributed by atoms with Crippen molar-refractivity contribution < 1.29 is 0 Å². The maximum absolute atomic E-state index is 6.23. The number of hydrogen-bond acceptors (Lipinski definition) is 3. The zero-order valence-electron chi connectivity index (χ0n) is 13.0. The van der Waals surface area contributed by atoms with E-state index in [4.69, 9.17) is 10.7 Å². The lowest BCUT2D eigenvalue weighted by Crippen LogP contribution is -2.03. The average molecular weight is 299 g/mol. The van der Waals surface area contributed by atoms with Gasteiger partial charge in [-0.15, -0.1) is 11.3 Å². The lowest BCUT2D eigenvalue weighted by Gasteiger charge is -2.12. The van der Waals surface area contributed by atoms with Crippen LogP contribution in [0.4, 0.5) is 5.00 Å². The quantitative estimate of drug-likeness (QED) is 0.755. The fraction of sp³-hybridized carbons (Fsp3) is 0.353. The van der Waals surface area contributed by atoms with Crippen LogP contribution in [0.3, 0.4) is 0 Å². The van der Waals surface area contributed by atoms with Crippen LogP contribution >= 0.6 is 11.3 Å². The first-order valence-corrected chi connectivity index (χ1v) is 8.20. The van der Waals surface area contributed by atoms with E-state index in [1.165, 1.54) is 16.0 Å². The molecule has 0 atom stereocenters. The summed E-state index contributed by atoms with van der Waals surface area (Å²) in [6.45, 7) is 8.63. The van der Waals surface area contributed by atoms with Crippen LogP contribution in [0.5, 0.6) is 0 Å². The molecule has 0 aliphatic carbocycles. The first-order valence-electron chi connectivity index (χ1n) is 7.38. The van der Waals surface area contributed by atoms with Gasteiger partial charge in [0.1, 0.15) is 5.82 Å². The molecule has 110 valence electrons. The number of nitrogens with two attached hydrogens (primary N) is 1. The van der Waals surface area contributed by atoms with Crippen LogP contribution in [-0.2, 0) is 6.42 Å². The summed E-state index contributed by atoms with van der Waals surface area (Å²) >= 11 is 1.67. The Hall–Kier alpha value is -1.81. The molecule has 0 aliphatic heterocycles. The second-order valence-electron chi connectivity index (χ2n) is 5.74. The van der Waals surface area contributed by atoms with E-state index in [-0.39, 0.29) is 0 Å². The average Bonchev–Trinajstić information content (AvgIpc) is 2.98. The van der Waals surface area contributed by atoms with Crippen molar-refractivity contribution in [1.82, 2.24) is 9.55 Å². The monoisotopic (exact) mass is 299 g/mol. The topological polar surface area (TPSA) is 43.8 Å². The van der Waals surface area contributed by atoms with Crippen molar-refractivity contribution in [3.63, 3.8) is 0 Å². The van der Waals surface area contributed by atoms with E-state index in [1.807, 2.05) is 0 Å². The van der Waals surface area contributed by atoms with Gasteiger partial charge in [0.15, 0.2) is 0 Å². The van der Waals surface area contributed by atoms with Gasteiger partial charge in [0.2, 0.25) is 0 Å². The zero-order valence-corrected chi connectivity index (χ0v) is 13.8. The first-order chi connectivity index (χ1) is 10.0. The van der Waals surface area contributed by atoms with Crippen molar-refractivity contribution in [2.45, 2.75) is 40.2 Å². The summed E-state index contributed by atoms with van der Waals surface area (Å²) in [5, 5.41) is 0.862. The summed E-state index contributed by atoms with van der Waals surface area (Å²) in [7, 11) is 0. The lowest BCUT2D eigenvalue weighted by molar-refractivity contribution is 0.624. The largest absolute Gasteiger partial charge is 0.390 e. The van der Waals surface area contributed by atoms with Gasteiger partial charge in [-0.25, -0.2) is 4.98 Å². The number of hydrogen-bond donors (Lipinski definition) is 1. The lowest BCUT2D eigenvalue weighted by atomic mass is 10.2. The van der Waals surface area contributed by atoms with Crippen LogP contribution in [0.25, 0.3) is 22.4 Å². The minimum atomic E-state index is 0.345. The highest BCUT2D eigenvalue weighted by molar-refractivity contribution is 7.16. The zero-order chi connectivity index (χ0) is 15.1. The van der Waals surface area contributed by atoms with Crippen molar-refractivity contribution in [3.05, 3.63) is 34.7 Å². The highest BCUT2D eigenvalue weighted by Gasteiger charge is 2.18. The van der Waals surface area contributed by atoms with Crippen LogP contribution < -0.4 is 5.73 Å². The third-order valence-corrected chi connectivity index (χ3v) is 4.87. The number of benzene rings is 1. The summed E-state index contributed by atoms with van der Waals surface area (Å²) < 4.78 is 2.28. The SMILES string of the molecule is CCc1cc(-c2nc3cc(C)ccc3n2C(C)C)c(N)s1. The third kappa shape index (κ3) is 2.33. The smallest absolute Gasteiger partial charge is 0.144 e. The van der Waals surface area contributed by atoms with E-state index in [0.29, 0.717) is 6.04 Å². The van der Waals surface area contributed by atoms with Gasteiger partial charge in [0.25, 0.3) is 0 Å². The predicted octanol–water partition coefficient (Wildman–Crippen LogP) is 4.80. The Labute approximate surface area is 129 Å². The molecule has 0 saturated carbocycles. The van der Waals surface area contributed by atoms with E-state index in [9.17, 15) is 0 Å². The van der Waals surface area contributed by atoms with Crippen molar-refractivity contribution >= 4 is 27.4 Å². The Balaban J connectivity index is 2.30. The number of nitrogens with zero attached hydrogens (tertiary/aromatic N) is 2. The molecule has 3 nitrogen and oxygen atoms in total. The Kier molecular flexibility index (Phi) is 3.49. The molecule has 0 radical (unpaired) electrons. The molecule has 0 aliphatic rings. The molecule has 3 rings (SSSR count). The molecule has 3 aromatic rings. The van der Waals surface area contributed by atoms with Gasteiger partial charge < -0.3 is 10.3 Å². The van der Waals surface area contributed by atoms with E-state index in [0.717, 1.165) is 28.3 Å². The van der Waals surface area contributed by atoms with Gasteiger partial charge >= 0.3 is 0 Å². The van der Waals surface area contributed by atoms with Crippen molar-refractivity contribution in [1.29, 1.82) is 0 Å². The van der Waals surface area contributed by atoms with Gasteiger partial charge in [-0.3, -0.25) is 0 Å². The van der Waals surface area contributed by atoms with Crippen LogP contribution in [0, 0.1) is 6.92 Å². The maximum atomic E-state index is 6.23. The number of rotatable bonds is 3. The van der Waals surface area contributed by atoms with Crippen LogP contribution in [0.2, 0.25) is 0 Å². The highest BCUT2D eigenvalue weighted by atomic mass is 32.1. The first kappa shape index (κ1) is 14.1. The Morgan fingerprint density at radius 2 is 2.05 bits per heavy atom. The molecule has 2 aromatic heterocycles. The normalized spacial score (nSPS) is 11.7. The number of thiophene rings is 1. The molecular formula is C17H21N3S. The van der Waals surface area contributed by atoms with Crippen LogP contribution in [0.15, 0.2) is 24.3 Å². The van der Waals surface area contributed by atoms with Gasteiger partial charge in [-0.2, -0.15) is 0 Å². The molecule has 0 spiro atoms. The second-order valence-corrected chi connectivity index (χ2v) is 6.90. The minimum absolute atomic E-state index is 0.345. The molecule has 2 heterocycles. The summed E-state index contributed by atoms with van der Waals surface area (Å²) in [6.07, 6.45) is 1.01. The molecule has 0 fully saturated rings. The maximum Gasteiger partial charge on any atom is 0.144 e. The van der Waals surface area contributed by atoms with Crippen LogP contribution in [-0.4, -0.2) is 9.55 Å². The Bertz CT molecular complexity index is 796. The fourth-order valence-corrected chi connectivity index (χ4v) is 3.59. The molecule has 21 heavy (non-hydrogen) atoms. The standard InChI is InChI=1S/C17H21N3S/c1-5-12-9-13(16(18)21-12)17-19-14-8-11(4)6-7-15(14)20(17)10(2)3/h6-10H,5,18H2,1-4H3. The number of aromatic nitrogens is 2. The molecular weight excluding hydrogens is 278 g/mol. The third-order valence-electron chi connectivity index (χ3n) is 3.76. The Morgan fingerprint density at radius 1 is 1.29 bits per heavy atom. The van der Waals surface area contributed by atoms with Gasteiger partial charge in [-0.1, -0.05) is 13.0 Å². The van der Waals surface area contributed by atoms with E-state index >= 15 is 0 Å². The fourth-order valence-electron chi connectivity index (χ4n) is 2.73. The van der Waals surface area contributed by atoms with Gasteiger partial charge in [0, 0.05) is 10.9 Å². The second kappa shape index (κ2) is 5.19.